The molecule has 0 aliphatic carbocycles. The Morgan fingerprint density at radius 2 is 2.30 bits per heavy atom. The van der Waals surface area contributed by atoms with E-state index in [9.17, 15) is 10.1 Å². The average molecular weight is 278 g/mol. The second-order valence-corrected chi connectivity index (χ2v) is 5.68. The number of nitrogens with zero attached hydrogens (tertiary/aromatic N) is 1. The molecule has 1 aromatic carbocycles. The highest BCUT2D eigenvalue weighted by atomic mass is 16.6. The summed E-state index contributed by atoms with van der Waals surface area (Å²) >= 11 is 0. The van der Waals surface area contributed by atoms with Crippen molar-refractivity contribution in [1.82, 2.24) is 5.32 Å². The zero-order chi connectivity index (χ0) is 14.5. The normalized spacial score (nSPS) is 22.9. The van der Waals surface area contributed by atoms with Gasteiger partial charge in [0.25, 0.3) is 5.69 Å². The summed E-state index contributed by atoms with van der Waals surface area (Å²) < 4.78 is 5.74. The van der Waals surface area contributed by atoms with Gasteiger partial charge in [0.1, 0.15) is 0 Å². The molecule has 110 valence electrons. The minimum absolute atomic E-state index is 0.149. The molecule has 1 heterocycles. The van der Waals surface area contributed by atoms with Crippen molar-refractivity contribution < 1.29 is 9.66 Å². The fraction of sp³-hybridized carbons (Fsp3) is 0.600. The molecule has 0 saturated carbocycles. The molecule has 1 saturated heterocycles. The maximum atomic E-state index is 10.7. The van der Waals surface area contributed by atoms with Crippen LogP contribution < -0.4 is 5.32 Å². The van der Waals surface area contributed by atoms with Crippen LogP contribution >= 0.6 is 0 Å². The zero-order valence-electron chi connectivity index (χ0n) is 12.0. The lowest BCUT2D eigenvalue weighted by Crippen LogP contribution is -2.40. The van der Waals surface area contributed by atoms with Gasteiger partial charge in [0.2, 0.25) is 0 Å². The van der Waals surface area contributed by atoms with Crippen molar-refractivity contribution in [3.8, 4) is 0 Å². The van der Waals surface area contributed by atoms with Gasteiger partial charge in [-0.3, -0.25) is 10.1 Å². The van der Waals surface area contributed by atoms with Gasteiger partial charge in [-0.15, -0.1) is 0 Å². The van der Waals surface area contributed by atoms with Crippen molar-refractivity contribution in [2.45, 2.75) is 45.4 Å². The molecule has 5 heteroatoms. The van der Waals surface area contributed by atoms with E-state index in [1.165, 1.54) is 6.07 Å². The van der Waals surface area contributed by atoms with Crippen LogP contribution in [0, 0.1) is 16.0 Å². The molecule has 1 fully saturated rings. The average Bonchev–Trinajstić information content (AvgIpc) is 2.45. The Bertz CT molecular complexity index is 462. The fourth-order valence-corrected chi connectivity index (χ4v) is 2.52. The van der Waals surface area contributed by atoms with Crippen LogP contribution in [0.2, 0.25) is 0 Å². The molecule has 0 bridgehead atoms. The first-order chi connectivity index (χ1) is 9.56. The molecule has 5 nitrogen and oxygen atoms in total. The first-order valence-electron chi connectivity index (χ1n) is 7.14. The van der Waals surface area contributed by atoms with Gasteiger partial charge in [0.15, 0.2) is 0 Å². The van der Waals surface area contributed by atoms with E-state index < -0.39 is 0 Å². The van der Waals surface area contributed by atoms with Crippen LogP contribution in [0.3, 0.4) is 0 Å². The minimum atomic E-state index is -0.354. The van der Waals surface area contributed by atoms with Gasteiger partial charge in [0.05, 0.1) is 11.0 Å². The van der Waals surface area contributed by atoms with E-state index in [2.05, 4.69) is 19.2 Å². The zero-order valence-corrected chi connectivity index (χ0v) is 12.0. The third kappa shape index (κ3) is 4.02. The number of rotatable bonds is 5. The van der Waals surface area contributed by atoms with Crippen molar-refractivity contribution in [2.75, 3.05) is 6.61 Å². The third-order valence-corrected chi connectivity index (χ3v) is 3.77. The molecular weight excluding hydrogens is 256 g/mol. The van der Waals surface area contributed by atoms with Crippen molar-refractivity contribution in [3.05, 3.63) is 39.9 Å². The van der Waals surface area contributed by atoms with Crippen LogP contribution in [0.25, 0.3) is 0 Å². The molecule has 1 N–H and O–H groups in total. The van der Waals surface area contributed by atoms with Gasteiger partial charge in [0, 0.05) is 31.3 Å². The van der Waals surface area contributed by atoms with Crippen LogP contribution in [0.15, 0.2) is 24.3 Å². The Balaban J connectivity index is 1.88. The molecule has 1 aliphatic heterocycles. The van der Waals surface area contributed by atoms with Gasteiger partial charge >= 0.3 is 0 Å². The molecule has 1 aromatic rings. The number of hydrogen-bond acceptors (Lipinski definition) is 4. The van der Waals surface area contributed by atoms with Crippen LogP contribution in [0.4, 0.5) is 5.69 Å². The lowest BCUT2D eigenvalue weighted by molar-refractivity contribution is -0.384. The molecule has 1 aliphatic rings. The van der Waals surface area contributed by atoms with E-state index in [4.69, 9.17) is 4.74 Å². The number of nitro benzene ring substituents is 1. The molecule has 2 unspecified atom stereocenters. The van der Waals surface area contributed by atoms with E-state index in [-0.39, 0.29) is 10.6 Å². The van der Waals surface area contributed by atoms with Crippen molar-refractivity contribution in [2.24, 2.45) is 5.92 Å². The highest BCUT2D eigenvalue weighted by Crippen LogP contribution is 2.21. The third-order valence-electron chi connectivity index (χ3n) is 3.77. The summed E-state index contributed by atoms with van der Waals surface area (Å²) in [5.74, 6) is 0.525. The molecule has 0 aromatic heterocycles. The summed E-state index contributed by atoms with van der Waals surface area (Å²) in [5.41, 5.74) is 1.10. The second-order valence-electron chi connectivity index (χ2n) is 5.68. The summed E-state index contributed by atoms with van der Waals surface area (Å²) in [6, 6.07) is 7.23. The lowest BCUT2D eigenvalue weighted by atomic mass is 9.95. The number of nitro groups is 1. The molecule has 0 spiro atoms. The van der Waals surface area contributed by atoms with Gasteiger partial charge in [-0.2, -0.15) is 0 Å². The lowest BCUT2D eigenvalue weighted by Gasteiger charge is -2.32. The molecule has 2 atom stereocenters. The van der Waals surface area contributed by atoms with Crippen molar-refractivity contribution >= 4 is 5.69 Å². The smallest absolute Gasteiger partial charge is 0.269 e. The minimum Gasteiger partial charge on any atom is -0.378 e. The Labute approximate surface area is 119 Å². The van der Waals surface area contributed by atoms with Crippen LogP contribution in [0.1, 0.15) is 32.3 Å². The maximum Gasteiger partial charge on any atom is 0.269 e. The number of non-ortho nitro benzene ring substituents is 1. The molecule has 20 heavy (non-hydrogen) atoms. The predicted molar refractivity (Wildman–Crippen MR) is 77.5 cm³/mol. The summed E-state index contributed by atoms with van der Waals surface area (Å²) in [5, 5.41) is 14.2. The standard InChI is InChI=1S/C15H22N2O3/c1-11(2)15-9-13(6-7-20-15)16-10-12-4-3-5-14(8-12)17(18)19/h3-5,8,11,13,15-16H,6-7,9-10H2,1-2H3. The topological polar surface area (TPSA) is 64.4 Å². The van der Waals surface area contributed by atoms with Gasteiger partial charge < -0.3 is 10.1 Å². The van der Waals surface area contributed by atoms with E-state index >= 15 is 0 Å². The Hall–Kier alpha value is -1.46. The van der Waals surface area contributed by atoms with Gasteiger partial charge in [-0.1, -0.05) is 26.0 Å². The quantitative estimate of drug-likeness (QED) is 0.664. The monoisotopic (exact) mass is 278 g/mol. The summed E-state index contributed by atoms with van der Waals surface area (Å²) in [6.07, 6.45) is 2.32. The number of benzene rings is 1. The SMILES string of the molecule is CC(C)C1CC(NCc2cccc([N+](=O)[O-])c2)CCO1. The largest absolute Gasteiger partial charge is 0.378 e. The Kier molecular flexibility index (Phi) is 5.09. The number of nitrogens with one attached hydrogen (secondary N) is 1. The van der Waals surface area contributed by atoms with E-state index in [0.29, 0.717) is 24.6 Å². The summed E-state index contributed by atoms with van der Waals surface area (Å²) in [6.45, 7) is 5.80. The fourth-order valence-electron chi connectivity index (χ4n) is 2.52. The first kappa shape index (κ1) is 14.9. The van der Waals surface area contributed by atoms with Gasteiger partial charge in [-0.25, -0.2) is 0 Å². The van der Waals surface area contributed by atoms with E-state index in [1.54, 1.807) is 12.1 Å². The highest BCUT2D eigenvalue weighted by Gasteiger charge is 2.24. The van der Waals surface area contributed by atoms with Crippen molar-refractivity contribution in [3.63, 3.8) is 0 Å². The molecule has 0 radical (unpaired) electrons. The van der Waals surface area contributed by atoms with Gasteiger partial charge in [-0.05, 0) is 24.3 Å². The van der Waals surface area contributed by atoms with Crippen LogP contribution in [0.5, 0.6) is 0 Å². The molecule has 2 rings (SSSR count). The predicted octanol–water partition coefficient (Wildman–Crippen LogP) is 2.89. The maximum absolute atomic E-state index is 10.7. The molecular formula is C15H22N2O3. The van der Waals surface area contributed by atoms with E-state index in [1.807, 2.05) is 6.07 Å². The number of ether oxygens (including phenoxy) is 1. The first-order valence-corrected chi connectivity index (χ1v) is 7.14. The molecule has 0 amide bonds. The highest BCUT2D eigenvalue weighted by molar-refractivity contribution is 5.34. The summed E-state index contributed by atoms with van der Waals surface area (Å²) in [4.78, 5) is 10.4. The van der Waals surface area contributed by atoms with E-state index in [0.717, 1.165) is 25.0 Å². The van der Waals surface area contributed by atoms with Crippen LogP contribution in [-0.2, 0) is 11.3 Å². The Morgan fingerprint density at radius 1 is 1.50 bits per heavy atom. The van der Waals surface area contributed by atoms with Crippen LogP contribution in [-0.4, -0.2) is 23.7 Å². The Morgan fingerprint density at radius 3 is 3.00 bits per heavy atom. The second kappa shape index (κ2) is 6.81. The number of hydrogen-bond donors (Lipinski definition) is 1. The van der Waals surface area contributed by atoms with Crippen molar-refractivity contribution in [1.29, 1.82) is 0 Å². The summed E-state index contributed by atoms with van der Waals surface area (Å²) in [7, 11) is 0.